The van der Waals surface area contributed by atoms with Gasteiger partial charge in [-0.1, -0.05) is 103 Å². The van der Waals surface area contributed by atoms with Gasteiger partial charge in [0.05, 0.1) is 17.7 Å². The number of fused-ring (bicyclic) bond motifs is 1. The van der Waals surface area contributed by atoms with Crippen molar-refractivity contribution in [1.82, 2.24) is 0 Å². The van der Waals surface area contributed by atoms with Crippen molar-refractivity contribution in [2.75, 3.05) is 11.9 Å². The van der Waals surface area contributed by atoms with E-state index >= 15 is 0 Å². The number of hydrogen-bond acceptors (Lipinski definition) is 6. The molecular formula is C33H43NO5. The van der Waals surface area contributed by atoms with E-state index in [4.69, 9.17) is 9.47 Å². The monoisotopic (exact) mass is 533 g/mol. The van der Waals surface area contributed by atoms with Crippen molar-refractivity contribution >= 4 is 23.4 Å². The molecule has 0 radical (unpaired) electrons. The van der Waals surface area contributed by atoms with Gasteiger partial charge in [0.15, 0.2) is 0 Å². The summed E-state index contributed by atoms with van der Waals surface area (Å²) in [6, 6.07) is 13.4. The van der Waals surface area contributed by atoms with E-state index in [0.29, 0.717) is 23.4 Å². The number of hydrogen-bond donors (Lipinski definition) is 1. The van der Waals surface area contributed by atoms with Crippen molar-refractivity contribution in [2.45, 2.75) is 96.8 Å². The molecule has 0 saturated carbocycles. The van der Waals surface area contributed by atoms with Crippen LogP contribution in [0.3, 0.4) is 0 Å². The third kappa shape index (κ3) is 10.3. The smallest absolute Gasteiger partial charge is 0.349 e. The summed E-state index contributed by atoms with van der Waals surface area (Å²) >= 11 is 0. The van der Waals surface area contributed by atoms with Crippen LogP contribution in [0, 0.1) is 0 Å². The molecule has 0 aromatic heterocycles. The van der Waals surface area contributed by atoms with Gasteiger partial charge in [0.25, 0.3) is 0 Å². The highest BCUT2D eigenvalue weighted by Crippen LogP contribution is 2.27. The molecule has 2 aromatic carbocycles. The molecule has 1 aliphatic heterocycles. The van der Waals surface area contributed by atoms with Crippen LogP contribution in [0.25, 0.3) is 0 Å². The van der Waals surface area contributed by atoms with Crippen molar-refractivity contribution in [1.29, 1.82) is 0 Å². The lowest BCUT2D eigenvalue weighted by Crippen LogP contribution is -2.25. The van der Waals surface area contributed by atoms with Gasteiger partial charge in [0.2, 0.25) is 5.78 Å². The summed E-state index contributed by atoms with van der Waals surface area (Å²) in [5.41, 5.74) is 1.36. The van der Waals surface area contributed by atoms with E-state index < -0.39 is 11.8 Å². The average molecular weight is 534 g/mol. The standard InChI is InChI=1S/C33H43NO5/c1-2-3-4-5-6-7-8-9-10-11-12-13-14-17-24-38-32(36)26-20-22-27(23-21-26)34-25-29-31(35)28-18-15-16-19-30(28)39-33(29)37/h15-16,18-23,25,34H,2-14,17,24H2,1H3. The van der Waals surface area contributed by atoms with E-state index in [2.05, 4.69) is 12.2 Å². The number of ketones is 1. The van der Waals surface area contributed by atoms with Crippen LogP contribution in [-0.4, -0.2) is 24.3 Å². The Kier molecular flexibility index (Phi) is 13.3. The lowest BCUT2D eigenvalue weighted by atomic mass is 10.0. The van der Waals surface area contributed by atoms with Crippen LogP contribution < -0.4 is 10.1 Å². The van der Waals surface area contributed by atoms with Crippen LogP contribution in [-0.2, 0) is 9.53 Å². The van der Waals surface area contributed by atoms with E-state index in [1.54, 1.807) is 48.5 Å². The number of esters is 2. The van der Waals surface area contributed by atoms with E-state index in [9.17, 15) is 14.4 Å². The van der Waals surface area contributed by atoms with Crippen LogP contribution in [0.4, 0.5) is 5.69 Å². The zero-order valence-electron chi connectivity index (χ0n) is 23.3. The van der Waals surface area contributed by atoms with Gasteiger partial charge in [-0.3, -0.25) is 4.79 Å². The van der Waals surface area contributed by atoms with Gasteiger partial charge < -0.3 is 14.8 Å². The molecule has 210 valence electrons. The Balaban J connectivity index is 1.25. The van der Waals surface area contributed by atoms with Gasteiger partial charge in [0.1, 0.15) is 11.3 Å². The molecule has 3 rings (SSSR count). The van der Waals surface area contributed by atoms with E-state index in [1.165, 1.54) is 83.2 Å². The number of carbonyl (C=O) groups excluding carboxylic acids is 3. The summed E-state index contributed by atoms with van der Waals surface area (Å²) in [6.45, 7) is 2.69. The highest BCUT2D eigenvalue weighted by Gasteiger charge is 2.30. The summed E-state index contributed by atoms with van der Waals surface area (Å²) in [7, 11) is 0. The maximum atomic E-state index is 12.6. The number of para-hydroxylation sites is 1. The molecule has 1 N–H and O–H groups in total. The number of nitrogens with one attached hydrogen (secondary N) is 1. The normalized spacial score (nSPS) is 13.7. The van der Waals surface area contributed by atoms with Crippen LogP contribution in [0.2, 0.25) is 0 Å². The number of Topliss-reactive ketones (excluding diaryl/α,β-unsaturated/α-hetero) is 1. The van der Waals surface area contributed by atoms with Gasteiger partial charge in [-0.2, -0.15) is 0 Å². The molecule has 6 nitrogen and oxygen atoms in total. The van der Waals surface area contributed by atoms with Gasteiger partial charge in [-0.05, 0) is 42.8 Å². The van der Waals surface area contributed by atoms with Crippen LogP contribution in [0.5, 0.6) is 5.75 Å². The van der Waals surface area contributed by atoms with Crippen molar-refractivity contribution in [3.05, 3.63) is 71.4 Å². The van der Waals surface area contributed by atoms with Gasteiger partial charge in [-0.15, -0.1) is 0 Å². The minimum atomic E-state index is -0.699. The molecule has 0 fully saturated rings. The van der Waals surface area contributed by atoms with E-state index in [-0.39, 0.29) is 17.3 Å². The fourth-order valence-electron chi connectivity index (χ4n) is 4.66. The summed E-state index contributed by atoms with van der Waals surface area (Å²) in [6.07, 6.45) is 19.4. The van der Waals surface area contributed by atoms with Crippen LogP contribution in [0.15, 0.2) is 60.3 Å². The first-order valence-electron chi connectivity index (χ1n) is 14.7. The Bertz CT molecular complexity index is 1090. The number of benzene rings is 2. The average Bonchev–Trinajstić information content (AvgIpc) is 2.95. The molecule has 0 bridgehead atoms. The minimum Gasteiger partial charge on any atom is -0.462 e. The topological polar surface area (TPSA) is 81.7 Å². The van der Waals surface area contributed by atoms with E-state index in [1.807, 2.05) is 0 Å². The molecule has 0 spiro atoms. The van der Waals surface area contributed by atoms with Crippen molar-refractivity contribution in [3.8, 4) is 5.75 Å². The highest BCUT2D eigenvalue weighted by molar-refractivity contribution is 6.27. The second-order valence-corrected chi connectivity index (χ2v) is 10.2. The molecule has 0 atom stereocenters. The van der Waals surface area contributed by atoms with Crippen LogP contribution in [0.1, 0.15) is 118 Å². The van der Waals surface area contributed by atoms with Crippen LogP contribution >= 0.6 is 0 Å². The molecule has 0 saturated heterocycles. The minimum absolute atomic E-state index is 0.0784. The molecular weight excluding hydrogens is 490 g/mol. The number of anilines is 1. The zero-order valence-corrected chi connectivity index (χ0v) is 23.3. The maximum Gasteiger partial charge on any atom is 0.349 e. The van der Waals surface area contributed by atoms with Crippen molar-refractivity contribution in [2.24, 2.45) is 0 Å². The third-order valence-electron chi connectivity index (χ3n) is 7.03. The summed E-state index contributed by atoms with van der Waals surface area (Å²) < 4.78 is 10.6. The van der Waals surface area contributed by atoms with Gasteiger partial charge in [-0.25, -0.2) is 9.59 Å². The summed E-state index contributed by atoms with van der Waals surface area (Å²) in [5.74, 6) is -1.17. The van der Waals surface area contributed by atoms with E-state index in [0.717, 1.165) is 12.8 Å². The molecule has 0 aliphatic carbocycles. The Morgan fingerprint density at radius 2 is 1.33 bits per heavy atom. The summed E-state index contributed by atoms with van der Waals surface area (Å²) in [4.78, 5) is 37.1. The second kappa shape index (κ2) is 17.2. The molecule has 1 heterocycles. The Hall–Kier alpha value is -3.41. The Labute approximate surface area is 233 Å². The van der Waals surface area contributed by atoms with Crippen molar-refractivity contribution in [3.63, 3.8) is 0 Å². The maximum absolute atomic E-state index is 12.6. The van der Waals surface area contributed by atoms with Gasteiger partial charge >= 0.3 is 11.9 Å². The van der Waals surface area contributed by atoms with Gasteiger partial charge in [0, 0.05) is 11.9 Å². The number of ether oxygens (including phenoxy) is 2. The van der Waals surface area contributed by atoms with Crippen molar-refractivity contribution < 1.29 is 23.9 Å². The lowest BCUT2D eigenvalue weighted by molar-refractivity contribution is -0.130. The first kappa shape index (κ1) is 30.1. The fourth-order valence-corrected chi connectivity index (χ4v) is 4.66. The highest BCUT2D eigenvalue weighted by atomic mass is 16.5. The predicted molar refractivity (Wildman–Crippen MR) is 155 cm³/mol. The third-order valence-corrected chi connectivity index (χ3v) is 7.03. The lowest BCUT2D eigenvalue weighted by Gasteiger charge is -2.16. The molecule has 0 amide bonds. The Morgan fingerprint density at radius 1 is 0.769 bits per heavy atom. The molecule has 2 aromatic rings. The number of rotatable bonds is 18. The number of unbranched alkanes of at least 4 members (excludes halogenated alkanes) is 13. The number of carbonyl (C=O) groups is 3. The first-order valence-corrected chi connectivity index (χ1v) is 14.7. The molecule has 0 unspecified atom stereocenters. The first-order chi connectivity index (χ1) is 19.1. The molecule has 39 heavy (non-hydrogen) atoms. The SMILES string of the molecule is CCCCCCCCCCCCCCCCOC(=O)c1ccc(NC=C2C(=O)Oc3ccccc3C2=O)cc1. The second-order valence-electron chi connectivity index (χ2n) is 10.2. The summed E-state index contributed by atoms with van der Waals surface area (Å²) in [5, 5.41) is 2.94. The Morgan fingerprint density at radius 3 is 1.95 bits per heavy atom. The fraction of sp³-hybridized carbons (Fsp3) is 0.485. The largest absolute Gasteiger partial charge is 0.462 e. The predicted octanol–water partition coefficient (Wildman–Crippen LogP) is 8.42. The zero-order chi connectivity index (χ0) is 27.7. The molecule has 6 heteroatoms. The quantitative estimate of drug-likeness (QED) is 0.0681. The molecule has 1 aliphatic rings.